The van der Waals surface area contributed by atoms with E-state index in [-0.39, 0.29) is 17.7 Å². The fraction of sp³-hybridized carbons (Fsp3) is 0.263. The number of hydrogen-bond acceptors (Lipinski definition) is 2. The van der Waals surface area contributed by atoms with Crippen LogP contribution in [0.3, 0.4) is 0 Å². The number of carbonyl (C=O) groups excluding carboxylic acids is 2. The second kappa shape index (κ2) is 7.89. The molecule has 4 nitrogen and oxygen atoms in total. The first-order valence-electron chi connectivity index (χ1n) is 8.08. The van der Waals surface area contributed by atoms with Crippen LogP contribution in [0, 0.1) is 5.92 Å². The highest BCUT2D eigenvalue weighted by atomic mass is 35.5. The molecule has 1 atom stereocenters. The molecule has 3 rings (SSSR count). The van der Waals surface area contributed by atoms with E-state index in [0.29, 0.717) is 41.7 Å². The first kappa shape index (κ1) is 17.8. The zero-order valence-electron chi connectivity index (χ0n) is 13.5. The molecular weight excluding hydrogens is 359 g/mol. The molecule has 2 aromatic carbocycles. The van der Waals surface area contributed by atoms with Gasteiger partial charge in [-0.15, -0.1) is 0 Å². The normalized spacial score (nSPS) is 17.0. The smallest absolute Gasteiger partial charge is 0.251 e. The molecule has 1 heterocycles. The minimum atomic E-state index is -0.215. The molecule has 1 saturated heterocycles. The molecule has 0 aliphatic carbocycles. The summed E-state index contributed by atoms with van der Waals surface area (Å²) in [6.45, 7) is 1.71. The Bertz CT molecular complexity index is 780. The molecule has 1 N–H and O–H groups in total. The van der Waals surface area contributed by atoms with Crippen LogP contribution in [0.5, 0.6) is 0 Å². The summed E-state index contributed by atoms with van der Waals surface area (Å²) in [7, 11) is 0. The minimum Gasteiger partial charge on any atom is -0.352 e. The molecule has 25 heavy (non-hydrogen) atoms. The van der Waals surface area contributed by atoms with Gasteiger partial charge in [0.1, 0.15) is 0 Å². The van der Waals surface area contributed by atoms with Gasteiger partial charge >= 0.3 is 0 Å². The van der Waals surface area contributed by atoms with Gasteiger partial charge in [0, 0.05) is 37.5 Å². The Kier molecular flexibility index (Phi) is 5.61. The molecule has 1 fully saturated rings. The minimum absolute atomic E-state index is 0.114. The number of benzene rings is 2. The van der Waals surface area contributed by atoms with Gasteiger partial charge in [-0.05, 0) is 23.8 Å². The van der Waals surface area contributed by atoms with E-state index in [0.717, 1.165) is 5.56 Å². The predicted molar refractivity (Wildman–Crippen MR) is 98.8 cm³/mol. The van der Waals surface area contributed by atoms with Crippen molar-refractivity contribution in [1.29, 1.82) is 0 Å². The van der Waals surface area contributed by atoms with Crippen molar-refractivity contribution in [2.45, 2.75) is 13.0 Å². The van der Waals surface area contributed by atoms with Crippen LogP contribution in [0.1, 0.15) is 22.3 Å². The monoisotopic (exact) mass is 376 g/mol. The molecule has 0 spiro atoms. The Balaban J connectivity index is 1.53. The van der Waals surface area contributed by atoms with Crippen molar-refractivity contribution in [3.05, 3.63) is 69.7 Å². The van der Waals surface area contributed by atoms with E-state index in [9.17, 15) is 9.59 Å². The number of hydrogen-bond donors (Lipinski definition) is 1. The topological polar surface area (TPSA) is 49.4 Å². The van der Waals surface area contributed by atoms with E-state index in [1.54, 1.807) is 18.2 Å². The van der Waals surface area contributed by atoms with Crippen molar-refractivity contribution >= 4 is 35.0 Å². The molecule has 1 aliphatic rings. The molecule has 0 radical (unpaired) electrons. The lowest BCUT2D eigenvalue weighted by Gasteiger charge is -2.17. The highest BCUT2D eigenvalue weighted by molar-refractivity contribution is 6.42. The standard InChI is InChI=1S/C19H18Cl2N2O2/c20-16-7-6-15(9-17(16)21)19(25)22-10-14-8-18(24)23(12-14)11-13-4-2-1-3-5-13/h1-7,9,14H,8,10-12H2,(H,22,25). The van der Waals surface area contributed by atoms with Crippen molar-refractivity contribution in [3.8, 4) is 0 Å². The largest absolute Gasteiger partial charge is 0.352 e. The Morgan fingerprint density at radius 2 is 1.88 bits per heavy atom. The van der Waals surface area contributed by atoms with Crippen LogP contribution >= 0.6 is 23.2 Å². The Morgan fingerprint density at radius 1 is 1.12 bits per heavy atom. The van der Waals surface area contributed by atoms with Gasteiger partial charge in [0.15, 0.2) is 0 Å². The van der Waals surface area contributed by atoms with Gasteiger partial charge in [-0.2, -0.15) is 0 Å². The van der Waals surface area contributed by atoms with Gasteiger partial charge < -0.3 is 10.2 Å². The molecule has 2 amide bonds. The zero-order chi connectivity index (χ0) is 17.8. The van der Waals surface area contributed by atoms with Crippen LogP contribution in [0.15, 0.2) is 48.5 Å². The quantitative estimate of drug-likeness (QED) is 0.863. The van der Waals surface area contributed by atoms with Gasteiger partial charge in [0.05, 0.1) is 10.0 Å². The van der Waals surface area contributed by atoms with Gasteiger partial charge in [0.2, 0.25) is 5.91 Å². The average molecular weight is 377 g/mol. The number of halogens is 2. The highest BCUT2D eigenvalue weighted by Crippen LogP contribution is 2.23. The Morgan fingerprint density at radius 3 is 2.60 bits per heavy atom. The van der Waals surface area contributed by atoms with Crippen LogP contribution < -0.4 is 5.32 Å². The van der Waals surface area contributed by atoms with Crippen LogP contribution in [-0.4, -0.2) is 29.8 Å². The van der Waals surface area contributed by atoms with Gasteiger partial charge in [-0.25, -0.2) is 0 Å². The van der Waals surface area contributed by atoms with Crippen molar-refractivity contribution in [3.63, 3.8) is 0 Å². The molecular formula is C19H18Cl2N2O2. The summed E-state index contributed by atoms with van der Waals surface area (Å²) in [4.78, 5) is 26.2. The summed E-state index contributed by atoms with van der Waals surface area (Å²) in [6.07, 6.45) is 0.453. The third-order valence-electron chi connectivity index (χ3n) is 4.24. The van der Waals surface area contributed by atoms with Crippen molar-refractivity contribution < 1.29 is 9.59 Å². The first-order valence-corrected chi connectivity index (χ1v) is 8.83. The predicted octanol–water partition coefficient (Wildman–Crippen LogP) is 3.77. The molecule has 1 unspecified atom stereocenters. The highest BCUT2D eigenvalue weighted by Gasteiger charge is 2.29. The molecule has 1 aliphatic heterocycles. The lowest BCUT2D eigenvalue weighted by atomic mass is 10.1. The summed E-state index contributed by atoms with van der Waals surface area (Å²) < 4.78 is 0. The number of nitrogens with zero attached hydrogens (tertiary/aromatic N) is 1. The summed E-state index contributed by atoms with van der Waals surface area (Å²) in [5, 5.41) is 3.63. The Labute approximate surface area is 156 Å². The number of likely N-dealkylation sites (tertiary alicyclic amines) is 1. The number of nitrogens with one attached hydrogen (secondary N) is 1. The Hall–Kier alpha value is -2.04. The second-order valence-corrected chi connectivity index (χ2v) is 6.98. The van der Waals surface area contributed by atoms with Crippen LogP contribution in [0.4, 0.5) is 0 Å². The lowest BCUT2D eigenvalue weighted by Crippen LogP contribution is -2.31. The zero-order valence-corrected chi connectivity index (χ0v) is 15.1. The number of carbonyl (C=O) groups is 2. The first-order chi connectivity index (χ1) is 12.0. The maximum atomic E-state index is 12.2. The van der Waals surface area contributed by atoms with Crippen LogP contribution in [-0.2, 0) is 11.3 Å². The third-order valence-corrected chi connectivity index (χ3v) is 4.98. The number of amides is 2. The van der Waals surface area contributed by atoms with Crippen LogP contribution in [0.25, 0.3) is 0 Å². The van der Waals surface area contributed by atoms with E-state index in [1.165, 1.54) is 0 Å². The van der Waals surface area contributed by atoms with Crippen molar-refractivity contribution in [1.82, 2.24) is 10.2 Å². The fourth-order valence-corrected chi connectivity index (χ4v) is 3.22. The van der Waals surface area contributed by atoms with E-state index in [4.69, 9.17) is 23.2 Å². The van der Waals surface area contributed by atoms with Crippen LogP contribution in [0.2, 0.25) is 10.0 Å². The lowest BCUT2D eigenvalue weighted by molar-refractivity contribution is -0.128. The summed E-state index contributed by atoms with van der Waals surface area (Å²) in [5.41, 5.74) is 1.57. The van der Waals surface area contributed by atoms with Crippen molar-refractivity contribution in [2.75, 3.05) is 13.1 Å². The van der Waals surface area contributed by atoms with E-state index < -0.39 is 0 Å². The molecule has 0 bridgehead atoms. The molecule has 130 valence electrons. The summed E-state index contributed by atoms with van der Waals surface area (Å²) in [5.74, 6) is 0.0214. The maximum absolute atomic E-state index is 12.2. The summed E-state index contributed by atoms with van der Waals surface area (Å²) >= 11 is 11.8. The van der Waals surface area contributed by atoms with E-state index >= 15 is 0 Å². The maximum Gasteiger partial charge on any atom is 0.251 e. The van der Waals surface area contributed by atoms with E-state index in [1.807, 2.05) is 35.2 Å². The second-order valence-electron chi connectivity index (χ2n) is 6.17. The summed E-state index contributed by atoms with van der Waals surface area (Å²) in [6, 6.07) is 14.7. The van der Waals surface area contributed by atoms with E-state index in [2.05, 4.69) is 5.32 Å². The van der Waals surface area contributed by atoms with Gasteiger partial charge in [0.25, 0.3) is 5.91 Å². The molecule has 0 aromatic heterocycles. The van der Waals surface area contributed by atoms with Gasteiger partial charge in [-0.1, -0.05) is 53.5 Å². The molecule has 0 saturated carbocycles. The van der Waals surface area contributed by atoms with Crippen molar-refractivity contribution in [2.24, 2.45) is 5.92 Å². The fourth-order valence-electron chi connectivity index (χ4n) is 2.92. The number of rotatable bonds is 5. The third kappa shape index (κ3) is 4.53. The average Bonchev–Trinajstić information content (AvgIpc) is 2.96. The van der Waals surface area contributed by atoms with Gasteiger partial charge in [-0.3, -0.25) is 9.59 Å². The molecule has 2 aromatic rings. The molecule has 6 heteroatoms. The SMILES string of the molecule is O=C(NCC1CC(=O)N(Cc2ccccc2)C1)c1ccc(Cl)c(Cl)c1.